The molecule has 1 aliphatic heterocycles. The molecule has 4 heterocycles. The highest BCUT2D eigenvalue weighted by Gasteiger charge is 2.56. The Morgan fingerprint density at radius 3 is 2.62 bits per heavy atom. The lowest BCUT2D eigenvalue weighted by molar-refractivity contribution is 0.0183. The van der Waals surface area contributed by atoms with Gasteiger partial charge >= 0.3 is 5.97 Å². The number of esters is 1. The fourth-order valence-corrected chi connectivity index (χ4v) is 5.96. The topological polar surface area (TPSA) is 153 Å². The molecule has 0 amide bonds. The summed E-state index contributed by atoms with van der Waals surface area (Å²) in [4.78, 5) is 26.5. The molecule has 0 aromatic carbocycles. The summed E-state index contributed by atoms with van der Waals surface area (Å²) in [7, 11) is -2.68. The van der Waals surface area contributed by atoms with Crippen LogP contribution in [0.2, 0.25) is 0 Å². The van der Waals surface area contributed by atoms with E-state index < -0.39 is 15.3 Å². The molecular formula is C29H38N6O4S. The maximum absolute atomic E-state index is 12.5. The van der Waals surface area contributed by atoms with Crippen LogP contribution in [0.25, 0.3) is 10.8 Å². The van der Waals surface area contributed by atoms with E-state index in [1.165, 1.54) is 6.26 Å². The molecule has 1 aliphatic carbocycles. The predicted octanol–water partition coefficient (Wildman–Crippen LogP) is 5.17. The van der Waals surface area contributed by atoms with Gasteiger partial charge in [0.2, 0.25) is 5.88 Å². The summed E-state index contributed by atoms with van der Waals surface area (Å²) in [6.07, 6.45) is 7.43. The van der Waals surface area contributed by atoms with Crippen LogP contribution in [0.5, 0.6) is 5.88 Å². The normalized spacial score (nSPS) is 22.0. The number of carbonyl (C=O) groups is 1. The first-order chi connectivity index (χ1) is 18.7. The van der Waals surface area contributed by atoms with Crippen molar-refractivity contribution in [3.8, 4) is 5.88 Å². The van der Waals surface area contributed by atoms with Gasteiger partial charge in [0, 0.05) is 39.2 Å². The number of nitrogens with zero attached hydrogens (tertiary/aromatic N) is 3. The maximum atomic E-state index is 12.5. The first kappa shape index (κ1) is 28.2. The number of nitrogens with one attached hydrogen (secondary N) is 2. The number of anilines is 2. The second-order valence-electron chi connectivity index (χ2n) is 11.7. The van der Waals surface area contributed by atoms with Crippen LogP contribution in [0.3, 0.4) is 0 Å². The van der Waals surface area contributed by atoms with Gasteiger partial charge in [-0.2, -0.15) is 0 Å². The Kier molecular flexibility index (Phi) is 7.02. The Bertz CT molecular complexity index is 1580. The van der Waals surface area contributed by atoms with E-state index in [-0.39, 0.29) is 28.8 Å². The lowest BCUT2D eigenvalue weighted by Crippen LogP contribution is -2.36. The third kappa shape index (κ3) is 5.12. The van der Waals surface area contributed by atoms with Crippen molar-refractivity contribution in [2.45, 2.75) is 88.7 Å². The quantitative estimate of drug-likeness (QED) is 0.298. The van der Waals surface area contributed by atoms with Gasteiger partial charge in [0.05, 0.1) is 28.2 Å². The number of ether oxygens (including phenoxy) is 2. The van der Waals surface area contributed by atoms with E-state index in [1.54, 1.807) is 31.5 Å². The molecule has 3 aromatic heterocycles. The third-order valence-electron chi connectivity index (χ3n) is 8.52. The van der Waals surface area contributed by atoms with Crippen LogP contribution < -0.4 is 15.8 Å². The van der Waals surface area contributed by atoms with Crippen molar-refractivity contribution < 1.29 is 18.5 Å². The Morgan fingerprint density at radius 2 is 1.98 bits per heavy atom. The lowest BCUT2D eigenvalue weighted by atomic mass is 9.88. The molecule has 0 bridgehead atoms. The molecule has 5 atom stereocenters. The molecule has 11 heteroatoms. The van der Waals surface area contributed by atoms with Crippen molar-refractivity contribution in [2.24, 2.45) is 5.73 Å². The number of hydrogen-bond donors (Lipinski definition) is 3. The highest BCUT2D eigenvalue weighted by molar-refractivity contribution is 7.92. The number of hydrogen-bond acceptors (Lipinski definition) is 10. The summed E-state index contributed by atoms with van der Waals surface area (Å²) in [6, 6.07) is 5.45. The van der Waals surface area contributed by atoms with Gasteiger partial charge in [0.15, 0.2) is 0 Å². The monoisotopic (exact) mass is 566 g/mol. The van der Waals surface area contributed by atoms with Crippen LogP contribution in [0, 0.1) is 4.78 Å². The first-order valence-corrected chi connectivity index (χ1v) is 15.7. The minimum Gasteiger partial charge on any atom is -0.474 e. The van der Waals surface area contributed by atoms with Crippen LogP contribution in [-0.4, -0.2) is 48.8 Å². The Hall–Kier alpha value is -3.31. The Labute approximate surface area is 235 Å². The molecule has 1 saturated carbocycles. The van der Waals surface area contributed by atoms with Crippen LogP contribution in [-0.2, 0) is 25.4 Å². The summed E-state index contributed by atoms with van der Waals surface area (Å²) in [5.41, 5.74) is 8.01. The molecule has 214 valence electrons. The van der Waals surface area contributed by atoms with Crippen LogP contribution in [0.1, 0.15) is 81.9 Å². The van der Waals surface area contributed by atoms with E-state index in [9.17, 15) is 9.00 Å². The number of nitrogens with two attached hydrogens (primary N) is 1. The average Bonchev–Trinajstić information content (AvgIpc) is 3.69. The van der Waals surface area contributed by atoms with E-state index in [0.29, 0.717) is 41.3 Å². The summed E-state index contributed by atoms with van der Waals surface area (Å²) < 4.78 is 31.8. The molecule has 3 aromatic rings. The van der Waals surface area contributed by atoms with Crippen molar-refractivity contribution in [1.29, 1.82) is 4.78 Å². The summed E-state index contributed by atoms with van der Waals surface area (Å²) in [5.74, 6) is 1.25. The number of fused-ring (bicyclic) bond motifs is 3. The minimum atomic E-state index is -2.68. The number of carbonyl (C=O) groups excluding carboxylic acids is 1. The summed E-state index contributed by atoms with van der Waals surface area (Å²) >= 11 is 0. The molecule has 0 radical (unpaired) electrons. The highest BCUT2D eigenvalue weighted by atomic mass is 32.2. The van der Waals surface area contributed by atoms with Gasteiger partial charge in [-0.1, -0.05) is 6.92 Å². The van der Waals surface area contributed by atoms with E-state index in [2.05, 4.69) is 15.3 Å². The molecule has 1 unspecified atom stereocenters. The maximum Gasteiger partial charge on any atom is 0.340 e. The van der Waals surface area contributed by atoms with Crippen LogP contribution >= 0.6 is 0 Å². The van der Waals surface area contributed by atoms with Crippen molar-refractivity contribution in [3.63, 3.8) is 0 Å². The van der Waals surface area contributed by atoms with Crippen molar-refractivity contribution >= 4 is 38.1 Å². The molecular weight excluding hydrogens is 528 g/mol. The van der Waals surface area contributed by atoms with Gasteiger partial charge in [-0.25, -0.2) is 24.0 Å². The first-order valence-electron chi connectivity index (χ1n) is 13.7. The predicted molar refractivity (Wildman–Crippen MR) is 156 cm³/mol. The summed E-state index contributed by atoms with van der Waals surface area (Å²) in [5, 5.41) is 4.55. The molecule has 0 saturated heterocycles. The Balaban J connectivity index is 1.50. The second-order valence-corrected chi connectivity index (χ2v) is 14.3. The zero-order chi connectivity index (χ0) is 29.0. The smallest absolute Gasteiger partial charge is 0.340 e. The van der Waals surface area contributed by atoms with E-state index in [0.717, 1.165) is 29.5 Å². The number of cyclic esters (lactones) is 1. The van der Waals surface area contributed by atoms with Crippen molar-refractivity contribution in [1.82, 2.24) is 15.0 Å². The van der Waals surface area contributed by atoms with E-state index >= 15 is 0 Å². The van der Waals surface area contributed by atoms with E-state index in [4.69, 9.17) is 25.0 Å². The van der Waals surface area contributed by atoms with Crippen LogP contribution in [0.4, 0.5) is 11.6 Å². The fraction of sp³-hybridized carbons (Fsp3) is 0.517. The van der Waals surface area contributed by atoms with Gasteiger partial charge in [-0.15, -0.1) is 0 Å². The minimum absolute atomic E-state index is 0.200. The zero-order valence-corrected chi connectivity index (χ0v) is 24.7. The van der Waals surface area contributed by atoms with Crippen molar-refractivity contribution in [2.75, 3.05) is 11.6 Å². The molecule has 40 heavy (non-hydrogen) atoms. The van der Waals surface area contributed by atoms with Gasteiger partial charge in [0.25, 0.3) is 0 Å². The standard InChI is InChI=1S/C29H38N6O4S/c1-7-28(5,30)22-15-33-26(38-16(2)12-17(3)40(6,31)37)21-14-32-24(13-20(21)22)34-23-9-8-19-25(35-23)29(10-11-29)18(4)39-27(19)36/h8-9,13-18,31H,7,10-12,30H2,1-6H3,(H,32,34,35)/t16-,17-,18+,28?,40-/m1/s1. The molecule has 10 nitrogen and oxygen atoms in total. The SMILES string of the molecule is CCC(C)(N)c1cnc(O[C@H](C)C[C@@H](C)[S@](C)(=N)=O)c2cnc(Nc3ccc4c(n3)C3(CC3)[C@H](C)OC4=O)cc12. The lowest BCUT2D eigenvalue weighted by Gasteiger charge is -2.30. The molecule has 5 rings (SSSR count). The average molecular weight is 567 g/mol. The molecule has 4 N–H and O–H groups in total. The number of pyridine rings is 3. The number of rotatable bonds is 9. The van der Waals surface area contributed by atoms with E-state index in [1.807, 2.05) is 33.8 Å². The second kappa shape index (κ2) is 9.95. The molecule has 2 aliphatic rings. The van der Waals surface area contributed by atoms with Gasteiger partial charge in [0.1, 0.15) is 17.7 Å². The summed E-state index contributed by atoms with van der Waals surface area (Å²) in [6.45, 7) is 9.61. The van der Waals surface area contributed by atoms with Gasteiger partial charge in [-0.3, -0.25) is 4.78 Å². The highest BCUT2D eigenvalue weighted by Crippen LogP contribution is 2.54. The molecule has 1 fully saturated rings. The largest absolute Gasteiger partial charge is 0.474 e. The third-order valence-corrected chi connectivity index (χ3v) is 10.3. The Morgan fingerprint density at radius 1 is 1.25 bits per heavy atom. The zero-order valence-electron chi connectivity index (χ0n) is 23.9. The van der Waals surface area contributed by atoms with Crippen LogP contribution in [0.15, 0.2) is 30.6 Å². The number of aromatic nitrogens is 3. The van der Waals surface area contributed by atoms with Gasteiger partial charge < -0.3 is 20.5 Å². The van der Waals surface area contributed by atoms with Crippen molar-refractivity contribution in [3.05, 3.63) is 47.4 Å². The molecule has 1 spiro atoms. The fourth-order valence-electron chi connectivity index (χ4n) is 5.32. The van der Waals surface area contributed by atoms with Gasteiger partial charge in [-0.05, 0) is 82.5 Å².